The van der Waals surface area contributed by atoms with Crippen molar-refractivity contribution in [2.45, 2.75) is 37.0 Å². The molecule has 0 aliphatic carbocycles. The minimum Gasteiger partial charge on any atom is -0.326 e. The van der Waals surface area contributed by atoms with Gasteiger partial charge in [-0.2, -0.15) is 0 Å². The van der Waals surface area contributed by atoms with Crippen molar-refractivity contribution in [3.05, 3.63) is 64.0 Å². The van der Waals surface area contributed by atoms with Gasteiger partial charge in [0.15, 0.2) is 0 Å². The van der Waals surface area contributed by atoms with Crippen LogP contribution in [0.1, 0.15) is 32.8 Å². The second-order valence-electron chi connectivity index (χ2n) is 6.16. The van der Waals surface area contributed by atoms with Gasteiger partial charge in [-0.15, -0.1) is 0 Å². The van der Waals surface area contributed by atoms with E-state index in [4.69, 9.17) is 0 Å². The lowest BCUT2D eigenvalue weighted by Gasteiger charge is -2.25. The number of carbonyl (C=O) groups excluding carboxylic acids is 1. The first-order chi connectivity index (χ1) is 11.5. The van der Waals surface area contributed by atoms with E-state index in [1.807, 2.05) is 6.08 Å². The summed E-state index contributed by atoms with van der Waals surface area (Å²) in [5.74, 6) is 0.375. The second kappa shape index (κ2) is 7.08. The van der Waals surface area contributed by atoms with Crippen LogP contribution in [0.3, 0.4) is 0 Å². The Morgan fingerprint density at radius 3 is 2.88 bits per heavy atom. The average Bonchev–Trinajstić information content (AvgIpc) is 2.54. The van der Waals surface area contributed by atoms with Crippen LogP contribution in [-0.4, -0.2) is 5.91 Å². The van der Waals surface area contributed by atoms with Crippen LogP contribution in [0.15, 0.2) is 68.2 Å². The van der Waals surface area contributed by atoms with Crippen LogP contribution >= 0.6 is 23.5 Å². The van der Waals surface area contributed by atoms with E-state index < -0.39 is 0 Å². The Morgan fingerprint density at radius 1 is 1.38 bits per heavy atom. The van der Waals surface area contributed by atoms with E-state index >= 15 is 0 Å². The van der Waals surface area contributed by atoms with Crippen molar-refractivity contribution in [2.24, 2.45) is 5.92 Å². The number of fused-ring (bicyclic) bond motifs is 1. The Kier molecular flexibility index (Phi) is 5.07. The van der Waals surface area contributed by atoms with Gasteiger partial charge in [0.25, 0.3) is 0 Å². The minimum atomic E-state index is 0.101. The number of rotatable bonds is 3. The third-order valence-electron chi connectivity index (χ3n) is 4.00. The van der Waals surface area contributed by atoms with Crippen LogP contribution in [0.25, 0.3) is 5.70 Å². The number of thioether (sulfide) groups is 2. The Hall–Kier alpha value is -1.65. The van der Waals surface area contributed by atoms with Crippen molar-refractivity contribution in [3.63, 3.8) is 0 Å². The molecule has 1 amide bonds. The molecular formula is C20H21NOS2. The zero-order chi connectivity index (χ0) is 17.3. The largest absolute Gasteiger partial charge is 0.326 e. The van der Waals surface area contributed by atoms with E-state index in [1.165, 1.54) is 19.6 Å². The smallest absolute Gasteiger partial charge is 0.224 e. The summed E-state index contributed by atoms with van der Waals surface area (Å²) in [7, 11) is 0. The van der Waals surface area contributed by atoms with Gasteiger partial charge in [0.2, 0.25) is 5.91 Å². The number of hydrogen-bond acceptors (Lipinski definition) is 3. The second-order valence-corrected chi connectivity index (χ2v) is 8.47. The normalized spacial score (nSPS) is 21.1. The number of nitrogens with one attached hydrogen (secondary N) is 1. The molecule has 2 heterocycles. The van der Waals surface area contributed by atoms with E-state index in [2.05, 4.69) is 63.0 Å². The topological polar surface area (TPSA) is 29.1 Å². The molecule has 0 saturated carbocycles. The molecule has 1 atom stereocenters. The summed E-state index contributed by atoms with van der Waals surface area (Å²) in [5.41, 5.74) is 3.22. The predicted octanol–water partition coefficient (Wildman–Crippen LogP) is 5.75. The Balaban J connectivity index is 2.00. The summed E-state index contributed by atoms with van der Waals surface area (Å²) in [6.45, 7) is 10.1. The molecule has 1 N–H and O–H groups in total. The highest BCUT2D eigenvalue weighted by atomic mass is 32.2. The molecule has 24 heavy (non-hydrogen) atoms. The molecule has 2 nitrogen and oxygen atoms in total. The lowest BCUT2D eigenvalue weighted by Crippen LogP contribution is -2.28. The van der Waals surface area contributed by atoms with Crippen LogP contribution < -0.4 is 5.32 Å². The standard InChI is InChI=1S/C20H21NOS2/c1-5-12(2)10-18-14(4)23-20-15(7-6-8-17(20)24-18)16-9-13(3)11-19(22)21-16/h5-10,13H,1,11H2,2-4H3,(H,21,22)/b12-10-. The van der Waals surface area contributed by atoms with Gasteiger partial charge in [0.05, 0.1) is 0 Å². The maximum absolute atomic E-state index is 11.9. The fourth-order valence-corrected chi connectivity index (χ4v) is 5.14. The maximum atomic E-state index is 11.9. The van der Waals surface area contributed by atoms with E-state index in [0.717, 1.165) is 16.8 Å². The van der Waals surface area contributed by atoms with Gasteiger partial charge in [-0.1, -0.05) is 66.9 Å². The average molecular weight is 356 g/mol. The molecule has 0 bridgehead atoms. The quantitative estimate of drug-likeness (QED) is 0.700. The minimum absolute atomic E-state index is 0.101. The van der Waals surface area contributed by atoms with Crippen LogP contribution in [-0.2, 0) is 4.79 Å². The van der Waals surface area contributed by atoms with Crippen molar-refractivity contribution in [1.29, 1.82) is 0 Å². The van der Waals surface area contributed by atoms with Gasteiger partial charge in [-0.3, -0.25) is 4.79 Å². The Labute approximate surface area is 152 Å². The summed E-state index contributed by atoms with van der Waals surface area (Å²) in [4.78, 5) is 16.9. The van der Waals surface area contributed by atoms with E-state index in [0.29, 0.717) is 6.42 Å². The Bertz CT molecular complexity index is 802. The van der Waals surface area contributed by atoms with Crippen LogP contribution in [0.2, 0.25) is 0 Å². The third kappa shape index (κ3) is 3.55. The van der Waals surface area contributed by atoms with Crippen molar-refractivity contribution >= 4 is 35.1 Å². The first kappa shape index (κ1) is 17.2. The monoisotopic (exact) mass is 355 g/mol. The molecule has 2 aliphatic heterocycles. The maximum Gasteiger partial charge on any atom is 0.224 e. The molecule has 124 valence electrons. The zero-order valence-electron chi connectivity index (χ0n) is 14.2. The van der Waals surface area contributed by atoms with Crippen molar-refractivity contribution < 1.29 is 4.79 Å². The molecule has 2 aliphatic rings. The zero-order valence-corrected chi connectivity index (χ0v) is 15.8. The van der Waals surface area contributed by atoms with E-state index in [-0.39, 0.29) is 11.8 Å². The van der Waals surface area contributed by atoms with Gasteiger partial charge in [0, 0.05) is 37.3 Å². The Morgan fingerprint density at radius 2 is 2.17 bits per heavy atom. The van der Waals surface area contributed by atoms with Crippen molar-refractivity contribution in [2.75, 3.05) is 0 Å². The molecule has 0 fully saturated rings. The fourth-order valence-electron chi connectivity index (χ4n) is 2.74. The highest BCUT2D eigenvalue weighted by molar-refractivity contribution is 8.09. The lowest BCUT2D eigenvalue weighted by atomic mass is 9.99. The summed E-state index contributed by atoms with van der Waals surface area (Å²) in [5, 5.41) is 3.04. The lowest BCUT2D eigenvalue weighted by molar-refractivity contribution is -0.120. The highest BCUT2D eigenvalue weighted by Crippen LogP contribution is 2.49. The molecule has 0 radical (unpaired) electrons. The van der Waals surface area contributed by atoms with Gasteiger partial charge >= 0.3 is 0 Å². The molecule has 1 aromatic rings. The molecule has 1 unspecified atom stereocenters. The fraction of sp³-hybridized carbons (Fsp3) is 0.250. The van der Waals surface area contributed by atoms with Gasteiger partial charge in [-0.25, -0.2) is 0 Å². The molecular weight excluding hydrogens is 334 g/mol. The first-order valence-electron chi connectivity index (χ1n) is 8.00. The summed E-state index contributed by atoms with van der Waals surface area (Å²) >= 11 is 3.57. The van der Waals surface area contributed by atoms with Gasteiger partial charge < -0.3 is 5.32 Å². The molecule has 0 aromatic heterocycles. The molecule has 0 spiro atoms. The SMILES string of the molecule is C=C/C(C)=C\C1=C(C)Sc2c(cccc2C2=CC(C)CC(=O)N2)S1. The molecule has 0 saturated heterocycles. The van der Waals surface area contributed by atoms with Crippen LogP contribution in [0.4, 0.5) is 0 Å². The number of carbonyl (C=O) groups is 1. The number of hydrogen-bond donors (Lipinski definition) is 1. The van der Waals surface area contributed by atoms with E-state index in [9.17, 15) is 4.79 Å². The van der Waals surface area contributed by atoms with Gasteiger partial charge in [-0.05, 0) is 31.9 Å². The first-order valence-corrected chi connectivity index (χ1v) is 9.63. The number of amides is 1. The summed E-state index contributed by atoms with van der Waals surface area (Å²) in [6.07, 6.45) is 6.79. The predicted molar refractivity (Wildman–Crippen MR) is 105 cm³/mol. The number of allylic oxidation sites excluding steroid dienone is 5. The highest BCUT2D eigenvalue weighted by Gasteiger charge is 2.23. The van der Waals surface area contributed by atoms with Crippen LogP contribution in [0, 0.1) is 5.92 Å². The van der Waals surface area contributed by atoms with E-state index in [1.54, 1.807) is 23.5 Å². The van der Waals surface area contributed by atoms with Crippen LogP contribution in [0.5, 0.6) is 0 Å². The number of benzene rings is 1. The molecule has 3 rings (SSSR count). The van der Waals surface area contributed by atoms with Crippen molar-refractivity contribution in [1.82, 2.24) is 5.32 Å². The molecule has 4 heteroatoms. The van der Waals surface area contributed by atoms with Crippen molar-refractivity contribution in [3.8, 4) is 0 Å². The van der Waals surface area contributed by atoms with Gasteiger partial charge in [0.1, 0.15) is 0 Å². The summed E-state index contributed by atoms with van der Waals surface area (Å²) in [6, 6.07) is 6.31. The third-order valence-corrected chi connectivity index (χ3v) is 6.64. The molecule has 1 aromatic carbocycles. The summed E-state index contributed by atoms with van der Waals surface area (Å²) < 4.78 is 0.